The molecule has 4 heteroatoms. The first-order chi connectivity index (χ1) is 14.8. The number of fused-ring (bicyclic) bond motifs is 3. The molecule has 0 N–H and O–H groups in total. The molecule has 1 unspecified atom stereocenters. The van der Waals surface area contributed by atoms with Crippen molar-refractivity contribution >= 4 is 0 Å². The number of morpholine rings is 1. The fourth-order valence-corrected chi connectivity index (χ4v) is 8.80. The lowest BCUT2D eigenvalue weighted by molar-refractivity contribution is -0.322. The minimum absolute atomic E-state index is 0.0714. The summed E-state index contributed by atoms with van der Waals surface area (Å²) in [5, 5.41) is 0. The molecule has 2 heterocycles. The van der Waals surface area contributed by atoms with Gasteiger partial charge in [-0.2, -0.15) is 0 Å². The van der Waals surface area contributed by atoms with Gasteiger partial charge < -0.3 is 14.2 Å². The van der Waals surface area contributed by atoms with Gasteiger partial charge in [0.25, 0.3) is 0 Å². The van der Waals surface area contributed by atoms with Crippen LogP contribution in [-0.2, 0) is 14.2 Å². The minimum Gasteiger partial charge on any atom is -0.379 e. The lowest BCUT2D eigenvalue weighted by Gasteiger charge is -2.65. The summed E-state index contributed by atoms with van der Waals surface area (Å²) in [5.41, 5.74) is 0.992. The van der Waals surface area contributed by atoms with E-state index in [1.54, 1.807) is 0 Å². The molecule has 178 valence electrons. The molecule has 0 radical (unpaired) electrons. The molecule has 2 aliphatic heterocycles. The van der Waals surface area contributed by atoms with Crippen molar-refractivity contribution in [2.24, 2.45) is 34.0 Å². The Morgan fingerprint density at radius 2 is 1.61 bits per heavy atom. The maximum atomic E-state index is 6.77. The van der Waals surface area contributed by atoms with Gasteiger partial charge in [0.15, 0.2) is 6.29 Å². The van der Waals surface area contributed by atoms with Crippen LogP contribution >= 0.6 is 0 Å². The van der Waals surface area contributed by atoms with Crippen LogP contribution in [0.5, 0.6) is 0 Å². The summed E-state index contributed by atoms with van der Waals surface area (Å²) in [6.07, 6.45) is 12.3. The van der Waals surface area contributed by atoms with Crippen molar-refractivity contribution in [2.75, 3.05) is 39.5 Å². The first-order valence-corrected chi connectivity index (χ1v) is 13.4. The van der Waals surface area contributed by atoms with E-state index in [1.165, 1.54) is 64.3 Å². The Morgan fingerprint density at radius 3 is 2.35 bits per heavy atom. The van der Waals surface area contributed by atoms with Crippen LogP contribution in [0.4, 0.5) is 0 Å². The van der Waals surface area contributed by atoms with Crippen molar-refractivity contribution in [3.63, 3.8) is 0 Å². The topological polar surface area (TPSA) is 30.9 Å². The maximum Gasteiger partial charge on any atom is 0.160 e. The van der Waals surface area contributed by atoms with E-state index in [1.807, 2.05) is 0 Å². The third kappa shape index (κ3) is 4.02. The fourth-order valence-electron chi connectivity index (χ4n) is 8.80. The van der Waals surface area contributed by atoms with Gasteiger partial charge >= 0.3 is 0 Å². The van der Waals surface area contributed by atoms with Crippen LogP contribution in [-0.4, -0.2) is 56.7 Å². The van der Waals surface area contributed by atoms with Gasteiger partial charge in [0.2, 0.25) is 0 Å². The van der Waals surface area contributed by atoms with Crippen molar-refractivity contribution in [3.05, 3.63) is 0 Å². The summed E-state index contributed by atoms with van der Waals surface area (Å²) in [7, 11) is 0. The highest BCUT2D eigenvalue weighted by Gasteiger charge is 2.62. The normalized spacial score (nSPS) is 46.5. The van der Waals surface area contributed by atoms with Crippen LogP contribution in [0, 0.1) is 34.0 Å². The number of hydrogen-bond donors (Lipinski definition) is 0. The summed E-state index contributed by atoms with van der Waals surface area (Å²) >= 11 is 0. The second-order valence-electron chi connectivity index (χ2n) is 12.8. The molecule has 0 bridgehead atoms. The molecule has 5 aliphatic rings. The molecule has 0 amide bonds. The lowest BCUT2D eigenvalue weighted by Crippen LogP contribution is -2.63. The molecule has 5 rings (SSSR count). The maximum absolute atomic E-state index is 6.77. The number of hydrogen-bond acceptors (Lipinski definition) is 4. The van der Waals surface area contributed by atoms with Gasteiger partial charge in [-0.05, 0) is 74.2 Å². The van der Waals surface area contributed by atoms with Crippen LogP contribution in [0.1, 0.15) is 85.5 Å². The van der Waals surface area contributed by atoms with Crippen molar-refractivity contribution in [2.45, 2.75) is 97.9 Å². The Kier molecular flexibility index (Phi) is 6.25. The zero-order valence-electron chi connectivity index (χ0n) is 20.7. The van der Waals surface area contributed by atoms with E-state index in [0.29, 0.717) is 28.8 Å². The van der Waals surface area contributed by atoms with Gasteiger partial charge in [0.1, 0.15) is 0 Å². The third-order valence-electron chi connectivity index (χ3n) is 10.6. The average molecular weight is 434 g/mol. The van der Waals surface area contributed by atoms with Gasteiger partial charge in [0.05, 0.1) is 25.9 Å². The molecule has 2 saturated heterocycles. The summed E-state index contributed by atoms with van der Waals surface area (Å²) in [4.78, 5) is 2.64. The van der Waals surface area contributed by atoms with Crippen molar-refractivity contribution in [3.8, 4) is 0 Å². The van der Waals surface area contributed by atoms with Crippen molar-refractivity contribution in [1.29, 1.82) is 0 Å². The van der Waals surface area contributed by atoms with Gasteiger partial charge in [-0.1, -0.05) is 40.5 Å². The summed E-state index contributed by atoms with van der Waals surface area (Å²) < 4.78 is 18.9. The first kappa shape index (κ1) is 22.6. The molecule has 31 heavy (non-hydrogen) atoms. The predicted octanol–water partition coefficient (Wildman–Crippen LogP) is 5.50. The second-order valence-corrected chi connectivity index (χ2v) is 12.8. The molecular weight excluding hydrogens is 386 g/mol. The summed E-state index contributed by atoms with van der Waals surface area (Å²) in [5.74, 6) is 2.13. The SMILES string of the molecule is CC1(C)CCC2[C@]3(C)CO[C@@H](C4CCCC4)O[C@@H]3CC[C@@]2(C)[C@@H]1CCN1CCOCC1. The van der Waals surface area contributed by atoms with E-state index in [2.05, 4.69) is 32.6 Å². The zero-order chi connectivity index (χ0) is 21.7. The van der Waals surface area contributed by atoms with E-state index in [9.17, 15) is 0 Å². The highest BCUT2D eigenvalue weighted by atomic mass is 16.7. The van der Waals surface area contributed by atoms with Crippen LogP contribution < -0.4 is 0 Å². The van der Waals surface area contributed by atoms with Gasteiger partial charge in [-0.25, -0.2) is 0 Å². The molecule has 5 fully saturated rings. The Labute approximate surface area is 190 Å². The van der Waals surface area contributed by atoms with Crippen molar-refractivity contribution < 1.29 is 14.2 Å². The molecule has 3 aliphatic carbocycles. The summed E-state index contributed by atoms with van der Waals surface area (Å²) in [6, 6.07) is 0. The Bertz CT molecular complexity index is 626. The van der Waals surface area contributed by atoms with E-state index >= 15 is 0 Å². The Balaban J connectivity index is 1.32. The number of ether oxygens (including phenoxy) is 3. The molecular formula is C27H47NO3. The van der Waals surface area contributed by atoms with E-state index < -0.39 is 0 Å². The molecule has 6 atom stereocenters. The molecule has 0 aromatic carbocycles. The summed E-state index contributed by atoms with van der Waals surface area (Å²) in [6.45, 7) is 16.4. The lowest BCUT2D eigenvalue weighted by atomic mass is 9.42. The molecule has 0 aromatic heterocycles. The van der Waals surface area contributed by atoms with E-state index in [0.717, 1.165) is 38.8 Å². The Morgan fingerprint density at radius 1 is 0.871 bits per heavy atom. The minimum atomic E-state index is 0.0714. The molecule has 4 nitrogen and oxygen atoms in total. The van der Waals surface area contributed by atoms with Crippen LogP contribution in [0.15, 0.2) is 0 Å². The predicted molar refractivity (Wildman–Crippen MR) is 124 cm³/mol. The van der Waals surface area contributed by atoms with Gasteiger partial charge in [0, 0.05) is 24.4 Å². The molecule has 3 saturated carbocycles. The van der Waals surface area contributed by atoms with Crippen LogP contribution in [0.25, 0.3) is 0 Å². The third-order valence-corrected chi connectivity index (χ3v) is 10.6. The van der Waals surface area contributed by atoms with Gasteiger partial charge in [-0.3, -0.25) is 4.90 Å². The fraction of sp³-hybridized carbons (Fsp3) is 1.00. The monoisotopic (exact) mass is 433 g/mol. The van der Waals surface area contributed by atoms with E-state index in [-0.39, 0.29) is 11.7 Å². The Hall–Kier alpha value is -0.160. The smallest absolute Gasteiger partial charge is 0.160 e. The second kappa shape index (κ2) is 8.56. The quantitative estimate of drug-likeness (QED) is 0.586. The van der Waals surface area contributed by atoms with Crippen molar-refractivity contribution in [1.82, 2.24) is 4.90 Å². The highest BCUT2D eigenvalue weighted by Crippen LogP contribution is 2.66. The standard InChI is InChI=1S/C27H47NO3/c1-25(2)12-9-22-26(3,21(25)11-14-28-15-17-29-18-16-28)13-10-23-27(22,4)19-30-24(31-23)20-7-5-6-8-20/h20-24H,5-19H2,1-4H3/t21-,22?,23-,24-,26+,27+/m1/s1. The van der Waals surface area contributed by atoms with E-state index in [4.69, 9.17) is 14.2 Å². The molecule has 0 aromatic rings. The first-order valence-electron chi connectivity index (χ1n) is 13.4. The largest absolute Gasteiger partial charge is 0.379 e. The zero-order valence-corrected chi connectivity index (χ0v) is 20.7. The number of nitrogens with zero attached hydrogens (tertiary/aromatic N) is 1. The van der Waals surface area contributed by atoms with Crippen LogP contribution in [0.2, 0.25) is 0 Å². The van der Waals surface area contributed by atoms with Gasteiger partial charge in [-0.15, -0.1) is 0 Å². The average Bonchev–Trinajstić information content (AvgIpc) is 3.28. The molecule has 0 spiro atoms. The number of rotatable bonds is 4. The highest BCUT2D eigenvalue weighted by molar-refractivity contribution is 5.10. The van der Waals surface area contributed by atoms with Crippen LogP contribution in [0.3, 0.4) is 0 Å².